The first-order chi connectivity index (χ1) is 11.9. The lowest BCUT2D eigenvalue weighted by molar-refractivity contribution is -0.384. The van der Waals surface area contributed by atoms with Gasteiger partial charge in [-0.3, -0.25) is 19.7 Å². The van der Waals surface area contributed by atoms with Crippen molar-refractivity contribution in [2.75, 3.05) is 10.2 Å². The van der Waals surface area contributed by atoms with Gasteiger partial charge in [0.1, 0.15) is 10.7 Å². The van der Waals surface area contributed by atoms with Gasteiger partial charge >= 0.3 is 0 Å². The number of nitro groups is 1. The number of carbonyl (C=O) groups is 2. The molecule has 0 radical (unpaired) electrons. The zero-order chi connectivity index (χ0) is 18.1. The van der Waals surface area contributed by atoms with Gasteiger partial charge in [0.2, 0.25) is 0 Å². The highest BCUT2D eigenvalue weighted by Crippen LogP contribution is 2.31. The molecule has 3 rings (SSSR count). The van der Waals surface area contributed by atoms with E-state index < -0.39 is 16.7 Å². The number of amides is 2. The van der Waals surface area contributed by atoms with Crippen molar-refractivity contribution in [2.45, 2.75) is 0 Å². The van der Waals surface area contributed by atoms with Crippen molar-refractivity contribution in [1.82, 2.24) is 0 Å². The molecule has 0 bridgehead atoms. The van der Waals surface area contributed by atoms with Crippen LogP contribution >= 0.6 is 34.2 Å². The van der Waals surface area contributed by atoms with Crippen LogP contribution in [0.15, 0.2) is 59.3 Å². The molecule has 1 N–H and O–H groups in total. The Kier molecular flexibility index (Phi) is 4.73. The monoisotopic (exact) mass is 469 g/mol. The third-order valence-corrected chi connectivity index (χ3v) is 4.44. The van der Waals surface area contributed by atoms with E-state index in [0.717, 1.165) is 14.5 Å². The molecule has 25 heavy (non-hydrogen) atoms. The number of nitrogens with one attached hydrogen (secondary N) is 1. The first-order valence-electron chi connectivity index (χ1n) is 6.94. The topological polar surface area (TPSA) is 92.6 Å². The van der Waals surface area contributed by atoms with Crippen LogP contribution in [0.5, 0.6) is 0 Å². The summed E-state index contributed by atoms with van der Waals surface area (Å²) < 4.78 is 0.937. The number of halogens is 2. The van der Waals surface area contributed by atoms with Gasteiger partial charge in [-0.15, -0.1) is 0 Å². The average Bonchev–Trinajstić information content (AvgIpc) is 2.79. The van der Waals surface area contributed by atoms with Gasteiger partial charge in [0, 0.05) is 21.4 Å². The Bertz CT molecular complexity index is 944. The van der Waals surface area contributed by atoms with E-state index in [4.69, 9.17) is 11.6 Å². The largest absolute Gasteiger partial charge is 0.350 e. The van der Waals surface area contributed by atoms with Crippen molar-refractivity contribution in [1.29, 1.82) is 0 Å². The summed E-state index contributed by atoms with van der Waals surface area (Å²) in [6, 6.07) is 12.4. The minimum atomic E-state index is -0.736. The molecule has 9 heteroatoms. The van der Waals surface area contributed by atoms with Gasteiger partial charge in [0.15, 0.2) is 0 Å². The molecule has 1 aliphatic rings. The quantitative estimate of drug-likeness (QED) is 0.319. The number of rotatable bonds is 4. The highest BCUT2D eigenvalue weighted by atomic mass is 127. The van der Waals surface area contributed by atoms with E-state index >= 15 is 0 Å². The molecule has 0 aromatic heterocycles. The van der Waals surface area contributed by atoms with Crippen LogP contribution in [0.1, 0.15) is 0 Å². The molecule has 0 spiro atoms. The smallest absolute Gasteiger partial charge is 0.283 e. The normalized spacial score (nSPS) is 14.2. The third kappa shape index (κ3) is 3.35. The molecular weight excluding hydrogens is 461 g/mol. The summed E-state index contributed by atoms with van der Waals surface area (Å²) in [5, 5.41) is 13.5. The van der Waals surface area contributed by atoms with Gasteiger partial charge in [0.05, 0.1) is 10.6 Å². The Balaban J connectivity index is 1.94. The number of carbonyl (C=O) groups excluding carboxylic acids is 2. The fraction of sp³-hybridized carbons (Fsp3) is 0. The molecule has 1 aliphatic heterocycles. The highest BCUT2D eigenvalue weighted by molar-refractivity contribution is 14.1. The fourth-order valence-corrected chi connectivity index (χ4v) is 3.06. The number of nitrogens with zero attached hydrogens (tertiary/aromatic N) is 2. The number of imide groups is 1. The van der Waals surface area contributed by atoms with E-state index in [-0.39, 0.29) is 22.1 Å². The highest BCUT2D eigenvalue weighted by Gasteiger charge is 2.39. The molecule has 0 saturated heterocycles. The van der Waals surface area contributed by atoms with Crippen molar-refractivity contribution >= 4 is 63.1 Å². The number of non-ortho nitro benzene ring substituents is 1. The summed E-state index contributed by atoms with van der Waals surface area (Å²) in [4.78, 5) is 36.1. The summed E-state index contributed by atoms with van der Waals surface area (Å²) in [5.41, 5.74) is 0.386. The van der Waals surface area contributed by atoms with Gasteiger partial charge in [-0.25, -0.2) is 4.90 Å². The maximum atomic E-state index is 12.6. The van der Waals surface area contributed by atoms with Crippen molar-refractivity contribution < 1.29 is 14.5 Å². The van der Waals surface area contributed by atoms with Gasteiger partial charge in [-0.05, 0) is 46.9 Å². The van der Waals surface area contributed by atoms with Crippen LogP contribution in [0, 0.1) is 13.7 Å². The molecule has 2 aromatic carbocycles. The lowest BCUT2D eigenvalue weighted by Crippen LogP contribution is -2.32. The second kappa shape index (κ2) is 6.81. The van der Waals surface area contributed by atoms with Crippen molar-refractivity contribution in [2.24, 2.45) is 0 Å². The van der Waals surface area contributed by atoms with E-state index in [1.165, 1.54) is 18.2 Å². The summed E-state index contributed by atoms with van der Waals surface area (Å²) in [6.45, 7) is 0. The Morgan fingerprint density at radius 2 is 1.80 bits per heavy atom. The molecule has 0 saturated carbocycles. The SMILES string of the molecule is O=C1C(Cl)=C(Nc2cccc(I)c2)C(=O)N1c1cccc([N+](=O)[O-])c1. The average molecular weight is 470 g/mol. The van der Waals surface area contributed by atoms with Crippen LogP contribution in [0.4, 0.5) is 17.1 Å². The summed E-state index contributed by atoms with van der Waals surface area (Å²) in [7, 11) is 0. The molecule has 2 aromatic rings. The summed E-state index contributed by atoms with van der Waals surface area (Å²) in [6.07, 6.45) is 0. The first kappa shape index (κ1) is 17.4. The summed E-state index contributed by atoms with van der Waals surface area (Å²) >= 11 is 8.14. The van der Waals surface area contributed by atoms with E-state index in [0.29, 0.717) is 5.69 Å². The predicted molar refractivity (Wildman–Crippen MR) is 101 cm³/mol. The number of anilines is 2. The van der Waals surface area contributed by atoms with Gasteiger partial charge in [0.25, 0.3) is 17.5 Å². The van der Waals surface area contributed by atoms with Gasteiger partial charge < -0.3 is 5.32 Å². The standard InChI is InChI=1S/C16H9ClIN3O4/c17-13-14(19-10-4-1-3-9(18)7-10)16(23)20(15(13)22)11-5-2-6-12(8-11)21(24)25/h1-8,19H. The number of hydrogen-bond acceptors (Lipinski definition) is 5. The molecule has 0 fully saturated rings. The molecule has 1 heterocycles. The Labute approximate surface area is 160 Å². The minimum absolute atomic E-state index is 0.0693. The van der Waals surface area contributed by atoms with Crippen molar-refractivity contribution in [3.05, 3.63) is 72.9 Å². The Morgan fingerprint density at radius 1 is 1.08 bits per heavy atom. The fourth-order valence-electron chi connectivity index (χ4n) is 2.30. The minimum Gasteiger partial charge on any atom is -0.350 e. The molecule has 0 unspecified atom stereocenters. The van der Waals surface area contributed by atoms with E-state index in [1.807, 2.05) is 6.07 Å². The van der Waals surface area contributed by atoms with Crippen LogP contribution in [0.2, 0.25) is 0 Å². The van der Waals surface area contributed by atoms with Crippen molar-refractivity contribution in [3.63, 3.8) is 0 Å². The maximum Gasteiger partial charge on any atom is 0.283 e. The molecule has 2 amide bonds. The van der Waals surface area contributed by atoms with Crippen LogP contribution in [-0.2, 0) is 9.59 Å². The number of nitro benzene ring substituents is 1. The third-order valence-electron chi connectivity index (χ3n) is 3.42. The molecule has 0 aliphatic carbocycles. The molecule has 7 nitrogen and oxygen atoms in total. The molecule has 0 atom stereocenters. The first-order valence-corrected chi connectivity index (χ1v) is 8.40. The predicted octanol–water partition coefficient (Wildman–Crippen LogP) is 3.64. The van der Waals surface area contributed by atoms with Crippen LogP contribution in [0.25, 0.3) is 0 Å². The summed E-state index contributed by atoms with van der Waals surface area (Å²) in [5.74, 6) is -1.41. The zero-order valence-corrected chi connectivity index (χ0v) is 15.3. The van der Waals surface area contributed by atoms with Crippen LogP contribution in [-0.4, -0.2) is 16.7 Å². The van der Waals surface area contributed by atoms with E-state index in [9.17, 15) is 19.7 Å². The Morgan fingerprint density at radius 3 is 2.48 bits per heavy atom. The van der Waals surface area contributed by atoms with Crippen LogP contribution < -0.4 is 10.2 Å². The second-order valence-corrected chi connectivity index (χ2v) is 6.67. The zero-order valence-electron chi connectivity index (χ0n) is 12.4. The number of benzene rings is 2. The van der Waals surface area contributed by atoms with E-state index in [2.05, 4.69) is 27.9 Å². The number of hydrogen-bond donors (Lipinski definition) is 1. The van der Waals surface area contributed by atoms with Crippen LogP contribution in [0.3, 0.4) is 0 Å². The lowest BCUT2D eigenvalue weighted by atomic mass is 10.2. The maximum absolute atomic E-state index is 12.6. The Hall–Kier alpha value is -2.46. The molecular formula is C16H9ClIN3O4. The lowest BCUT2D eigenvalue weighted by Gasteiger charge is -2.14. The molecule has 126 valence electrons. The second-order valence-electron chi connectivity index (χ2n) is 5.05. The van der Waals surface area contributed by atoms with Gasteiger partial charge in [-0.1, -0.05) is 23.7 Å². The van der Waals surface area contributed by atoms with Gasteiger partial charge in [-0.2, -0.15) is 0 Å². The van der Waals surface area contributed by atoms with E-state index in [1.54, 1.807) is 18.2 Å². The van der Waals surface area contributed by atoms with Crippen molar-refractivity contribution in [3.8, 4) is 0 Å².